The van der Waals surface area contributed by atoms with Crippen LogP contribution in [0.15, 0.2) is 22.7 Å². The first kappa shape index (κ1) is 9.55. The van der Waals surface area contributed by atoms with Gasteiger partial charge < -0.3 is 5.73 Å². The maximum Gasteiger partial charge on any atom is 0.178 e. The normalized spacial score (nSPS) is 9.83. The van der Waals surface area contributed by atoms with Gasteiger partial charge >= 0.3 is 0 Å². The molecule has 0 aromatic heterocycles. The molecule has 0 atom stereocenters. The third-order valence-electron chi connectivity index (χ3n) is 1.41. The van der Waals surface area contributed by atoms with Crippen molar-refractivity contribution < 1.29 is 4.79 Å². The van der Waals surface area contributed by atoms with Crippen LogP contribution in [0.5, 0.6) is 0 Å². The molecule has 0 amide bonds. The second kappa shape index (κ2) is 3.92. The third-order valence-corrected chi connectivity index (χ3v) is 2.35. The zero-order valence-corrected chi connectivity index (χ0v) is 8.52. The number of hydrogen-bond acceptors (Lipinski definition) is 2. The van der Waals surface area contributed by atoms with Crippen molar-refractivity contribution in [2.45, 2.75) is 0 Å². The molecule has 0 heterocycles. The lowest BCUT2D eigenvalue weighted by Gasteiger charge is -2.01. The fourth-order valence-corrected chi connectivity index (χ4v) is 1.44. The number of nitrogens with two attached hydrogens (primary N) is 1. The van der Waals surface area contributed by atoms with Crippen LogP contribution in [-0.2, 0) is 0 Å². The molecule has 0 radical (unpaired) electrons. The second-order valence-electron chi connectivity index (χ2n) is 2.30. The van der Waals surface area contributed by atoms with Crippen molar-refractivity contribution >= 4 is 39.0 Å². The summed E-state index contributed by atoms with van der Waals surface area (Å²) in [5.74, 6) is -0.155. The molecule has 0 saturated heterocycles. The smallest absolute Gasteiger partial charge is 0.178 e. The molecule has 0 aliphatic carbocycles. The summed E-state index contributed by atoms with van der Waals surface area (Å²) in [6, 6.07) is 5.05. The fraction of sp³-hybridized carbons (Fsp3) is 0.125. The highest BCUT2D eigenvalue weighted by atomic mass is 79.9. The van der Waals surface area contributed by atoms with Crippen LogP contribution in [0.25, 0.3) is 0 Å². The van der Waals surface area contributed by atoms with Crippen LogP contribution >= 0.6 is 27.5 Å². The average Bonchev–Trinajstić information content (AvgIpc) is 2.08. The lowest BCUT2D eigenvalue weighted by molar-refractivity contribution is 0.102. The van der Waals surface area contributed by atoms with Crippen LogP contribution < -0.4 is 5.73 Å². The van der Waals surface area contributed by atoms with Crippen LogP contribution in [-0.4, -0.2) is 11.7 Å². The number of carbonyl (C=O) groups is 1. The molecule has 12 heavy (non-hydrogen) atoms. The molecule has 1 rings (SSSR count). The van der Waals surface area contributed by atoms with E-state index in [9.17, 15) is 4.79 Å². The number of carbonyl (C=O) groups excluding carboxylic acids is 1. The Hall–Kier alpha value is -0.540. The van der Waals surface area contributed by atoms with Crippen LogP contribution in [0.1, 0.15) is 10.4 Å². The summed E-state index contributed by atoms with van der Waals surface area (Å²) in [7, 11) is 0. The lowest BCUT2D eigenvalue weighted by Crippen LogP contribution is -2.02. The van der Waals surface area contributed by atoms with Crippen molar-refractivity contribution in [3.63, 3.8) is 0 Å². The van der Waals surface area contributed by atoms with Gasteiger partial charge in [0.15, 0.2) is 5.78 Å². The van der Waals surface area contributed by atoms with Crippen molar-refractivity contribution in [3.05, 3.63) is 28.2 Å². The maximum atomic E-state index is 11.2. The molecule has 0 fully saturated rings. The van der Waals surface area contributed by atoms with E-state index in [1.807, 2.05) is 0 Å². The van der Waals surface area contributed by atoms with Gasteiger partial charge in [0.2, 0.25) is 0 Å². The van der Waals surface area contributed by atoms with Gasteiger partial charge in [0, 0.05) is 15.7 Å². The van der Waals surface area contributed by atoms with Gasteiger partial charge in [-0.1, -0.05) is 15.9 Å². The van der Waals surface area contributed by atoms with Gasteiger partial charge in [-0.15, -0.1) is 11.6 Å². The second-order valence-corrected chi connectivity index (χ2v) is 3.42. The van der Waals surface area contributed by atoms with Crippen molar-refractivity contribution in [2.24, 2.45) is 0 Å². The molecule has 4 heteroatoms. The largest absolute Gasteiger partial charge is 0.399 e. The highest BCUT2D eigenvalue weighted by molar-refractivity contribution is 9.10. The van der Waals surface area contributed by atoms with E-state index in [1.165, 1.54) is 0 Å². The molecule has 0 unspecified atom stereocenters. The summed E-state index contributed by atoms with van der Waals surface area (Å²) in [5, 5.41) is 0. The van der Waals surface area contributed by atoms with Gasteiger partial charge in [-0.25, -0.2) is 0 Å². The van der Waals surface area contributed by atoms with Crippen molar-refractivity contribution in [3.8, 4) is 0 Å². The zero-order chi connectivity index (χ0) is 9.14. The standard InChI is InChI=1S/C8H7BrClNO/c9-7-2-1-5(11)3-6(7)8(12)4-10/h1-3H,4,11H2. The summed E-state index contributed by atoms with van der Waals surface area (Å²) in [6.45, 7) is 0. The molecule has 0 saturated carbocycles. The van der Waals surface area contributed by atoms with Crippen LogP contribution in [0, 0.1) is 0 Å². The summed E-state index contributed by atoms with van der Waals surface area (Å²) in [5.41, 5.74) is 6.60. The first-order chi connectivity index (χ1) is 5.65. The maximum absolute atomic E-state index is 11.2. The Morgan fingerprint density at radius 3 is 2.83 bits per heavy atom. The molecule has 0 aliphatic heterocycles. The quantitative estimate of drug-likeness (QED) is 0.496. The molecule has 1 aromatic rings. The lowest BCUT2D eigenvalue weighted by atomic mass is 10.1. The molecule has 0 spiro atoms. The number of Topliss-reactive ketones (excluding diaryl/α,β-unsaturated/α-hetero) is 1. The predicted molar refractivity (Wildman–Crippen MR) is 53.6 cm³/mol. The summed E-state index contributed by atoms with van der Waals surface area (Å²) in [4.78, 5) is 11.2. The van der Waals surface area contributed by atoms with Crippen LogP contribution in [0.3, 0.4) is 0 Å². The Kier molecular flexibility index (Phi) is 3.12. The van der Waals surface area contributed by atoms with E-state index in [-0.39, 0.29) is 11.7 Å². The number of nitrogen functional groups attached to an aromatic ring is 1. The number of halogens is 2. The van der Waals surface area contributed by atoms with E-state index >= 15 is 0 Å². The number of benzene rings is 1. The van der Waals surface area contributed by atoms with E-state index in [4.69, 9.17) is 17.3 Å². The summed E-state index contributed by atoms with van der Waals surface area (Å²) in [6.07, 6.45) is 0. The minimum absolute atomic E-state index is 0.0257. The van der Waals surface area contributed by atoms with Gasteiger partial charge in [-0.2, -0.15) is 0 Å². The Labute approximate surface area is 83.8 Å². The van der Waals surface area contributed by atoms with Gasteiger partial charge in [-0.05, 0) is 18.2 Å². The third kappa shape index (κ3) is 1.99. The molecule has 0 aliphatic rings. The van der Waals surface area contributed by atoms with Gasteiger partial charge in [0.25, 0.3) is 0 Å². The minimum Gasteiger partial charge on any atom is -0.399 e. The molecule has 64 valence electrons. The van der Waals surface area contributed by atoms with E-state index in [1.54, 1.807) is 18.2 Å². The van der Waals surface area contributed by atoms with Gasteiger partial charge in [0.05, 0.1) is 5.88 Å². The molecule has 2 N–H and O–H groups in total. The van der Waals surface area contributed by atoms with Gasteiger partial charge in [-0.3, -0.25) is 4.79 Å². The van der Waals surface area contributed by atoms with Crippen LogP contribution in [0.2, 0.25) is 0 Å². The van der Waals surface area contributed by atoms with Crippen molar-refractivity contribution in [1.82, 2.24) is 0 Å². The van der Waals surface area contributed by atoms with Gasteiger partial charge in [0.1, 0.15) is 0 Å². The van der Waals surface area contributed by atoms with E-state index in [2.05, 4.69) is 15.9 Å². The number of hydrogen-bond donors (Lipinski definition) is 1. The number of alkyl halides is 1. The Morgan fingerprint density at radius 2 is 2.25 bits per heavy atom. The fourth-order valence-electron chi connectivity index (χ4n) is 0.829. The topological polar surface area (TPSA) is 43.1 Å². The molecular formula is C8H7BrClNO. The molecule has 1 aromatic carbocycles. The van der Waals surface area contributed by atoms with E-state index < -0.39 is 0 Å². The average molecular weight is 249 g/mol. The van der Waals surface area contributed by atoms with Crippen molar-refractivity contribution in [2.75, 3.05) is 11.6 Å². The monoisotopic (exact) mass is 247 g/mol. The minimum atomic E-state index is -0.129. The van der Waals surface area contributed by atoms with Crippen LogP contribution in [0.4, 0.5) is 5.69 Å². The number of ketones is 1. The first-order valence-corrected chi connectivity index (χ1v) is 4.62. The van der Waals surface area contributed by atoms with E-state index in [0.29, 0.717) is 11.3 Å². The molecule has 2 nitrogen and oxygen atoms in total. The van der Waals surface area contributed by atoms with Crippen molar-refractivity contribution in [1.29, 1.82) is 0 Å². The number of rotatable bonds is 2. The summed E-state index contributed by atoms with van der Waals surface area (Å²) < 4.78 is 0.724. The zero-order valence-electron chi connectivity index (χ0n) is 6.18. The van der Waals surface area contributed by atoms with E-state index in [0.717, 1.165) is 4.47 Å². The Morgan fingerprint density at radius 1 is 1.58 bits per heavy atom. The number of anilines is 1. The predicted octanol–water partition coefficient (Wildman–Crippen LogP) is 2.45. The first-order valence-electron chi connectivity index (χ1n) is 3.29. The highest BCUT2D eigenvalue weighted by Crippen LogP contribution is 2.20. The SMILES string of the molecule is Nc1ccc(Br)c(C(=O)CCl)c1. The molecule has 0 bridgehead atoms. The summed E-state index contributed by atoms with van der Waals surface area (Å²) >= 11 is 8.64. The Bertz CT molecular complexity index is 314. The molecular weight excluding hydrogens is 241 g/mol. The Balaban J connectivity index is 3.13. The highest BCUT2D eigenvalue weighted by Gasteiger charge is 2.08.